The molecule has 152 valence electrons. The molecule has 0 saturated heterocycles. The Hall–Kier alpha value is -2.51. The lowest BCUT2D eigenvalue weighted by atomic mass is 10.3. The fourth-order valence-corrected chi connectivity index (χ4v) is 2.75. The molecule has 0 spiro atoms. The number of pyridine rings is 1. The normalized spacial score (nSPS) is 10.5. The molecule has 1 aromatic carbocycles. The van der Waals surface area contributed by atoms with Crippen molar-refractivity contribution in [3.05, 3.63) is 58.0 Å². The highest BCUT2D eigenvalue weighted by molar-refractivity contribution is 6.32. The zero-order chi connectivity index (χ0) is 20.2. The number of urea groups is 1. The van der Waals surface area contributed by atoms with Gasteiger partial charge in [0.05, 0.1) is 17.3 Å². The number of nitrogens with one attached hydrogen (secondary N) is 2. The number of carbonyl (C=O) groups excluding carboxylic acids is 1. The number of aryl methyl sites for hydroxylation is 1. The van der Waals surface area contributed by atoms with Gasteiger partial charge in [0.25, 0.3) is 0 Å². The van der Waals surface area contributed by atoms with Crippen molar-refractivity contribution in [2.24, 2.45) is 0 Å². The largest absolute Gasteiger partial charge is 0.487 e. The SMILES string of the molecule is CCOCCOc1c(Cl)cccc1NC(=O)NCCCCn1ccccc1=O. The van der Waals surface area contributed by atoms with Crippen LogP contribution in [-0.4, -0.2) is 37.0 Å². The number of ether oxygens (including phenoxy) is 2. The molecule has 1 heterocycles. The van der Waals surface area contributed by atoms with Gasteiger partial charge in [-0.3, -0.25) is 4.79 Å². The van der Waals surface area contributed by atoms with Crippen molar-refractivity contribution in [2.45, 2.75) is 26.3 Å². The Morgan fingerprint density at radius 2 is 2.00 bits per heavy atom. The van der Waals surface area contributed by atoms with Crippen molar-refractivity contribution in [3.63, 3.8) is 0 Å². The second-order valence-corrected chi connectivity index (χ2v) is 6.39. The van der Waals surface area contributed by atoms with E-state index in [1.807, 2.05) is 13.0 Å². The highest BCUT2D eigenvalue weighted by Gasteiger charge is 2.11. The maximum Gasteiger partial charge on any atom is 0.319 e. The van der Waals surface area contributed by atoms with Gasteiger partial charge in [0.15, 0.2) is 5.75 Å². The molecular formula is C20H26ClN3O4. The topological polar surface area (TPSA) is 81.6 Å². The first-order chi connectivity index (χ1) is 13.6. The van der Waals surface area contributed by atoms with E-state index in [0.717, 1.165) is 12.8 Å². The summed E-state index contributed by atoms with van der Waals surface area (Å²) in [5, 5.41) is 5.97. The molecule has 2 rings (SSSR count). The molecular weight excluding hydrogens is 382 g/mol. The lowest BCUT2D eigenvalue weighted by molar-refractivity contribution is 0.110. The van der Waals surface area contributed by atoms with Crippen molar-refractivity contribution in [3.8, 4) is 5.75 Å². The van der Waals surface area contributed by atoms with Gasteiger partial charge >= 0.3 is 6.03 Å². The van der Waals surface area contributed by atoms with E-state index in [0.29, 0.717) is 49.4 Å². The number of hydrogen-bond acceptors (Lipinski definition) is 4. The third-order valence-electron chi connectivity index (χ3n) is 3.90. The molecule has 0 aliphatic carbocycles. The second-order valence-electron chi connectivity index (χ2n) is 5.98. The molecule has 0 aliphatic rings. The fourth-order valence-electron chi connectivity index (χ4n) is 2.52. The van der Waals surface area contributed by atoms with E-state index >= 15 is 0 Å². The minimum Gasteiger partial charge on any atom is -0.487 e. The fraction of sp³-hybridized carbons (Fsp3) is 0.400. The van der Waals surface area contributed by atoms with Crippen LogP contribution in [0.3, 0.4) is 0 Å². The first kappa shape index (κ1) is 21.8. The summed E-state index contributed by atoms with van der Waals surface area (Å²) in [6.07, 6.45) is 3.30. The summed E-state index contributed by atoms with van der Waals surface area (Å²) in [7, 11) is 0. The molecule has 2 aromatic rings. The molecule has 0 atom stereocenters. The highest BCUT2D eigenvalue weighted by Crippen LogP contribution is 2.32. The van der Waals surface area contributed by atoms with E-state index in [1.165, 1.54) is 6.07 Å². The number of amides is 2. The van der Waals surface area contributed by atoms with Gasteiger partial charge in [-0.15, -0.1) is 0 Å². The Morgan fingerprint density at radius 3 is 2.79 bits per heavy atom. The molecule has 2 N–H and O–H groups in total. The van der Waals surface area contributed by atoms with Crippen LogP contribution in [0, 0.1) is 0 Å². The lowest BCUT2D eigenvalue weighted by Crippen LogP contribution is -2.30. The summed E-state index contributed by atoms with van der Waals surface area (Å²) in [6.45, 7) is 4.41. The van der Waals surface area contributed by atoms with Crippen LogP contribution in [-0.2, 0) is 11.3 Å². The minimum absolute atomic E-state index is 0.0222. The van der Waals surface area contributed by atoms with Crippen molar-refractivity contribution >= 4 is 23.3 Å². The van der Waals surface area contributed by atoms with E-state index in [4.69, 9.17) is 21.1 Å². The maximum atomic E-state index is 12.1. The van der Waals surface area contributed by atoms with Crippen LogP contribution in [0.25, 0.3) is 0 Å². The van der Waals surface area contributed by atoms with Gasteiger partial charge in [0.1, 0.15) is 6.61 Å². The van der Waals surface area contributed by atoms with E-state index in [1.54, 1.807) is 35.0 Å². The van der Waals surface area contributed by atoms with Gasteiger partial charge in [-0.05, 0) is 38.0 Å². The molecule has 0 saturated carbocycles. The predicted molar refractivity (Wildman–Crippen MR) is 110 cm³/mol. The average Bonchev–Trinajstić information content (AvgIpc) is 2.68. The summed E-state index contributed by atoms with van der Waals surface area (Å²) < 4.78 is 12.5. The van der Waals surface area contributed by atoms with Gasteiger partial charge in [-0.1, -0.05) is 23.7 Å². The summed E-state index contributed by atoms with van der Waals surface area (Å²) in [6, 6.07) is 9.90. The van der Waals surface area contributed by atoms with Crippen molar-refractivity contribution < 1.29 is 14.3 Å². The van der Waals surface area contributed by atoms with Gasteiger partial charge in [-0.2, -0.15) is 0 Å². The molecule has 28 heavy (non-hydrogen) atoms. The maximum absolute atomic E-state index is 12.1. The van der Waals surface area contributed by atoms with Crippen LogP contribution >= 0.6 is 11.6 Å². The van der Waals surface area contributed by atoms with Gasteiger partial charge < -0.3 is 24.7 Å². The molecule has 0 aliphatic heterocycles. The first-order valence-electron chi connectivity index (χ1n) is 9.31. The lowest BCUT2D eigenvalue weighted by Gasteiger charge is -2.14. The number of anilines is 1. The number of nitrogens with zero attached hydrogens (tertiary/aromatic N) is 1. The van der Waals surface area contributed by atoms with Crippen molar-refractivity contribution in [2.75, 3.05) is 31.7 Å². The predicted octanol–water partition coefficient (Wildman–Crippen LogP) is 3.52. The Morgan fingerprint density at radius 1 is 1.14 bits per heavy atom. The molecule has 8 heteroatoms. The smallest absolute Gasteiger partial charge is 0.319 e. The third kappa shape index (κ3) is 7.25. The second kappa shape index (κ2) is 12.0. The number of para-hydroxylation sites is 1. The van der Waals surface area contributed by atoms with Gasteiger partial charge in [-0.25, -0.2) is 4.79 Å². The number of halogens is 1. The Bertz CT molecular complexity index is 810. The number of aromatic nitrogens is 1. The number of carbonyl (C=O) groups is 1. The van der Waals surface area contributed by atoms with Crippen molar-refractivity contribution in [1.29, 1.82) is 0 Å². The molecule has 0 unspecified atom stereocenters. The van der Waals surface area contributed by atoms with E-state index in [-0.39, 0.29) is 11.6 Å². The molecule has 2 amide bonds. The van der Waals surface area contributed by atoms with Crippen molar-refractivity contribution in [1.82, 2.24) is 9.88 Å². The number of unbranched alkanes of at least 4 members (excludes halogenated alkanes) is 1. The number of benzene rings is 1. The molecule has 1 aromatic heterocycles. The average molecular weight is 408 g/mol. The standard InChI is InChI=1S/C20H26ClN3O4/c1-2-27-14-15-28-19-16(21)8-7-9-17(19)23-20(26)22-11-4-6-13-24-12-5-3-10-18(24)25/h3,5,7-10,12H,2,4,6,11,13-15H2,1H3,(H2,22,23,26). The molecule has 0 radical (unpaired) electrons. The van der Waals surface area contributed by atoms with E-state index in [2.05, 4.69) is 10.6 Å². The van der Waals surface area contributed by atoms with Crippen LogP contribution in [0.5, 0.6) is 5.75 Å². The van der Waals surface area contributed by atoms with Crippen LogP contribution in [0.1, 0.15) is 19.8 Å². The van der Waals surface area contributed by atoms with E-state index in [9.17, 15) is 9.59 Å². The molecule has 0 fully saturated rings. The zero-order valence-electron chi connectivity index (χ0n) is 15.9. The minimum atomic E-state index is -0.339. The Kier molecular flexibility index (Phi) is 9.37. The molecule has 7 nitrogen and oxygen atoms in total. The quantitative estimate of drug-likeness (QED) is 0.558. The molecule has 0 bridgehead atoms. The van der Waals surface area contributed by atoms with Crippen LogP contribution < -0.4 is 20.9 Å². The Labute approximate surface area is 169 Å². The monoisotopic (exact) mass is 407 g/mol. The van der Waals surface area contributed by atoms with Gasteiger partial charge in [0, 0.05) is 32.0 Å². The summed E-state index contributed by atoms with van der Waals surface area (Å²) >= 11 is 6.18. The zero-order valence-corrected chi connectivity index (χ0v) is 16.7. The third-order valence-corrected chi connectivity index (χ3v) is 4.20. The van der Waals surface area contributed by atoms with Gasteiger partial charge in [0.2, 0.25) is 5.56 Å². The summed E-state index contributed by atoms with van der Waals surface area (Å²) in [5.74, 6) is 0.419. The van der Waals surface area contributed by atoms with Crippen LogP contribution in [0.15, 0.2) is 47.4 Å². The first-order valence-corrected chi connectivity index (χ1v) is 9.69. The summed E-state index contributed by atoms with van der Waals surface area (Å²) in [4.78, 5) is 23.8. The van der Waals surface area contributed by atoms with Crippen LogP contribution in [0.4, 0.5) is 10.5 Å². The number of hydrogen-bond donors (Lipinski definition) is 2. The summed E-state index contributed by atoms with van der Waals surface area (Å²) in [5.41, 5.74) is 0.475. The number of rotatable bonds is 11. The Balaban J connectivity index is 1.75. The van der Waals surface area contributed by atoms with E-state index < -0.39 is 0 Å². The highest BCUT2D eigenvalue weighted by atomic mass is 35.5. The van der Waals surface area contributed by atoms with Crippen LogP contribution in [0.2, 0.25) is 5.02 Å².